The number of carbonyl (C=O) groups is 1. The van der Waals surface area contributed by atoms with Crippen molar-refractivity contribution in [3.8, 4) is 16.9 Å². The second kappa shape index (κ2) is 16.3. The SMILES string of the molecule is CCCCCCCCCOc1ccc(-c2ccc(C(C)OC(=O)CCCCCC)cc2)cc1. The Bertz CT molecular complexity index is 764. The zero-order valence-corrected chi connectivity index (χ0v) is 21.1. The van der Waals surface area contributed by atoms with E-state index in [2.05, 4.69) is 50.2 Å². The number of unbranched alkanes of at least 4 members (excludes halogenated alkanes) is 9. The van der Waals surface area contributed by atoms with Gasteiger partial charge in [-0.25, -0.2) is 0 Å². The quantitative estimate of drug-likeness (QED) is 0.177. The first-order valence-corrected chi connectivity index (χ1v) is 13.2. The highest BCUT2D eigenvalue weighted by Crippen LogP contribution is 2.26. The van der Waals surface area contributed by atoms with Crippen LogP contribution in [0.5, 0.6) is 5.75 Å². The van der Waals surface area contributed by atoms with Crippen molar-refractivity contribution in [2.45, 2.75) is 104 Å². The van der Waals surface area contributed by atoms with E-state index in [1.165, 1.54) is 51.4 Å². The van der Waals surface area contributed by atoms with Crippen molar-refractivity contribution in [1.29, 1.82) is 0 Å². The molecule has 2 aromatic carbocycles. The number of ether oxygens (including phenoxy) is 2. The molecule has 0 aliphatic rings. The second-order valence-corrected chi connectivity index (χ2v) is 9.06. The van der Waals surface area contributed by atoms with Gasteiger partial charge in [-0.1, -0.05) is 108 Å². The van der Waals surface area contributed by atoms with Crippen LogP contribution in [-0.4, -0.2) is 12.6 Å². The van der Waals surface area contributed by atoms with Crippen LogP contribution in [0.15, 0.2) is 48.5 Å². The molecule has 0 bridgehead atoms. The summed E-state index contributed by atoms with van der Waals surface area (Å²) in [6.07, 6.45) is 13.7. The van der Waals surface area contributed by atoms with Crippen LogP contribution in [-0.2, 0) is 9.53 Å². The van der Waals surface area contributed by atoms with E-state index < -0.39 is 0 Å². The molecular weight excluding hydrogens is 408 g/mol. The molecule has 0 amide bonds. The summed E-state index contributed by atoms with van der Waals surface area (Å²) in [7, 11) is 0. The molecule has 3 heteroatoms. The maximum Gasteiger partial charge on any atom is 0.306 e. The minimum atomic E-state index is -0.222. The van der Waals surface area contributed by atoms with E-state index in [0.29, 0.717) is 6.42 Å². The zero-order valence-electron chi connectivity index (χ0n) is 21.1. The van der Waals surface area contributed by atoms with Gasteiger partial charge in [-0.15, -0.1) is 0 Å². The molecule has 0 aliphatic heterocycles. The molecule has 0 radical (unpaired) electrons. The van der Waals surface area contributed by atoms with Gasteiger partial charge in [0.05, 0.1) is 6.61 Å². The Morgan fingerprint density at radius 2 is 1.21 bits per heavy atom. The van der Waals surface area contributed by atoms with Crippen molar-refractivity contribution in [3.63, 3.8) is 0 Å². The molecule has 0 spiro atoms. The van der Waals surface area contributed by atoms with E-state index in [-0.39, 0.29) is 12.1 Å². The standard InChI is InChI=1S/C30H44O3/c1-4-6-8-10-11-12-14-24-32-29-22-20-28(21-23-29)27-18-16-26(17-19-27)25(3)33-30(31)15-13-9-7-5-2/h16-23,25H,4-15,24H2,1-3H3. The summed E-state index contributed by atoms with van der Waals surface area (Å²) >= 11 is 0. The molecule has 2 aromatic rings. The summed E-state index contributed by atoms with van der Waals surface area (Å²) in [5.74, 6) is 0.829. The van der Waals surface area contributed by atoms with E-state index in [4.69, 9.17) is 9.47 Å². The topological polar surface area (TPSA) is 35.5 Å². The van der Waals surface area contributed by atoms with E-state index in [1.807, 2.05) is 19.1 Å². The third kappa shape index (κ3) is 10.9. The molecule has 0 saturated heterocycles. The van der Waals surface area contributed by atoms with Crippen molar-refractivity contribution >= 4 is 5.97 Å². The summed E-state index contributed by atoms with van der Waals surface area (Å²) in [5.41, 5.74) is 3.33. The van der Waals surface area contributed by atoms with Gasteiger partial charge in [0.25, 0.3) is 0 Å². The molecule has 1 atom stereocenters. The lowest BCUT2D eigenvalue weighted by Crippen LogP contribution is -2.08. The van der Waals surface area contributed by atoms with E-state index in [0.717, 1.165) is 48.3 Å². The lowest BCUT2D eigenvalue weighted by Gasteiger charge is -2.14. The van der Waals surface area contributed by atoms with Crippen LogP contribution < -0.4 is 4.74 Å². The third-order valence-electron chi connectivity index (χ3n) is 6.13. The number of rotatable bonds is 17. The van der Waals surface area contributed by atoms with Crippen molar-refractivity contribution < 1.29 is 14.3 Å². The Labute approximate surface area is 201 Å². The number of carbonyl (C=O) groups excluding carboxylic acids is 1. The number of hydrogen-bond acceptors (Lipinski definition) is 3. The lowest BCUT2D eigenvalue weighted by molar-refractivity contribution is -0.148. The smallest absolute Gasteiger partial charge is 0.306 e. The average molecular weight is 453 g/mol. The van der Waals surface area contributed by atoms with Crippen LogP contribution >= 0.6 is 0 Å². The first-order chi connectivity index (χ1) is 16.1. The molecule has 0 saturated carbocycles. The van der Waals surface area contributed by atoms with Crippen LogP contribution in [0.3, 0.4) is 0 Å². The van der Waals surface area contributed by atoms with Gasteiger partial charge in [0.2, 0.25) is 0 Å². The van der Waals surface area contributed by atoms with Gasteiger partial charge < -0.3 is 9.47 Å². The van der Waals surface area contributed by atoms with Gasteiger partial charge in [0, 0.05) is 6.42 Å². The van der Waals surface area contributed by atoms with Gasteiger partial charge in [0.15, 0.2) is 0 Å². The van der Waals surface area contributed by atoms with Crippen LogP contribution in [0, 0.1) is 0 Å². The zero-order chi connectivity index (χ0) is 23.7. The average Bonchev–Trinajstić information content (AvgIpc) is 2.84. The Hall–Kier alpha value is -2.29. The highest BCUT2D eigenvalue weighted by molar-refractivity contribution is 5.69. The molecule has 3 nitrogen and oxygen atoms in total. The highest BCUT2D eigenvalue weighted by atomic mass is 16.5. The fourth-order valence-corrected chi connectivity index (χ4v) is 3.96. The van der Waals surface area contributed by atoms with Gasteiger partial charge >= 0.3 is 5.97 Å². The van der Waals surface area contributed by atoms with Gasteiger partial charge in [-0.3, -0.25) is 4.79 Å². The molecule has 2 rings (SSSR count). The summed E-state index contributed by atoms with van der Waals surface area (Å²) in [5, 5.41) is 0. The van der Waals surface area contributed by atoms with E-state index in [1.54, 1.807) is 0 Å². The maximum atomic E-state index is 12.0. The number of esters is 1. The maximum absolute atomic E-state index is 12.0. The lowest BCUT2D eigenvalue weighted by atomic mass is 10.0. The Balaban J connectivity index is 1.73. The Morgan fingerprint density at radius 3 is 1.82 bits per heavy atom. The molecule has 182 valence electrons. The summed E-state index contributed by atoms with van der Waals surface area (Å²) < 4.78 is 11.5. The molecule has 0 aromatic heterocycles. The highest BCUT2D eigenvalue weighted by Gasteiger charge is 2.12. The van der Waals surface area contributed by atoms with Gasteiger partial charge in [-0.2, -0.15) is 0 Å². The van der Waals surface area contributed by atoms with E-state index in [9.17, 15) is 4.79 Å². The summed E-state index contributed by atoms with van der Waals surface area (Å²) in [4.78, 5) is 12.0. The first kappa shape index (κ1) is 27.0. The van der Waals surface area contributed by atoms with Crippen LogP contribution in [0.25, 0.3) is 11.1 Å². The molecule has 0 N–H and O–H groups in total. The van der Waals surface area contributed by atoms with Crippen molar-refractivity contribution in [1.82, 2.24) is 0 Å². The van der Waals surface area contributed by atoms with Crippen LogP contribution in [0.1, 0.15) is 109 Å². The third-order valence-corrected chi connectivity index (χ3v) is 6.13. The fraction of sp³-hybridized carbons (Fsp3) is 0.567. The van der Waals surface area contributed by atoms with Crippen molar-refractivity contribution in [2.75, 3.05) is 6.61 Å². The van der Waals surface area contributed by atoms with Gasteiger partial charge in [0.1, 0.15) is 11.9 Å². The van der Waals surface area contributed by atoms with Crippen LogP contribution in [0.4, 0.5) is 0 Å². The number of benzene rings is 2. The minimum Gasteiger partial charge on any atom is -0.494 e. The number of hydrogen-bond donors (Lipinski definition) is 0. The molecular formula is C30H44O3. The summed E-state index contributed by atoms with van der Waals surface area (Å²) in [6.45, 7) is 7.16. The first-order valence-electron chi connectivity index (χ1n) is 13.2. The van der Waals surface area contributed by atoms with Crippen molar-refractivity contribution in [2.24, 2.45) is 0 Å². The largest absolute Gasteiger partial charge is 0.494 e. The minimum absolute atomic E-state index is 0.102. The fourth-order valence-electron chi connectivity index (χ4n) is 3.96. The van der Waals surface area contributed by atoms with Crippen LogP contribution in [0.2, 0.25) is 0 Å². The molecule has 0 heterocycles. The molecule has 0 aliphatic carbocycles. The normalized spacial score (nSPS) is 11.8. The second-order valence-electron chi connectivity index (χ2n) is 9.06. The Morgan fingerprint density at radius 1 is 0.697 bits per heavy atom. The predicted molar refractivity (Wildman–Crippen MR) is 139 cm³/mol. The monoisotopic (exact) mass is 452 g/mol. The summed E-state index contributed by atoms with van der Waals surface area (Å²) in [6, 6.07) is 16.6. The van der Waals surface area contributed by atoms with Gasteiger partial charge in [-0.05, 0) is 48.6 Å². The Kier molecular flexibility index (Phi) is 13.4. The predicted octanol–water partition coefficient (Wildman–Crippen LogP) is 9.06. The van der Waals surface area contributed by atoms with E-state index >= 15 is 0 Å². The molecule has 0 fully saturated rings. The molecule has 33 heavy (non-hydrogen) atoms. The molecule has 1 unspecified atom stereocenters. The van der Waals surface area contributed by atoms with Crippen molar-refractivity contribution in [3.05, 3.63) is 54.1 Å².